The Bertz CT molecular complexity index is 457. The lowest BCUT2D eigenvalue weighted by molar-refractivity contribution is -0.00639. The largest absolute Gasteiger partial charge is 0.381 e. The number of nitrogens with one attached hydrogen (secondary N) is 1. The number of rotatable bonds is 5. The van der Waals surface area contributed by atoms with E-state index in [4.69, 9.17) is 9.47 Å². The second-order valence-corrected chi connectivity index (χ2v) is 6.87. The molecule has 0 unspecified atom stereocenters. The average molecular weight is 307 g/mol. The van der Waals surface area contributed by atoms with Crippen molar-refractivity contribution >= 4 is 0 Å². The van der Waals surface area contributed by atoms with Crippen LogP contribution in [0.2, 0.25) is 0 Å². The van der Waals surface area contributed by atoms with Crippen molar-refractivity contribution in [3.8, 4) is 0 Å². The summed E-state index contributed by atoms with van der Waals surface area (Å²) >= 11 is 0. The van der Waals surface area contributed by atoms with Gasteiger partial charge in [-0.05, 0) is 44.9 Å². The molecule has 0 saturated carbocycles. The molecule has 3 atom stereocenters. The van der Waals surface area contributed by atoms with E-state index in [1.807, 2.05) is 19.6 Å². The van der Waals surface area contributed by atoms with Gasteiger partial charge in [-0.2, -0.15) is 0 Å². The molecule has 0 radical (unpaired) electrons. The van der Waals surface area contributed by atoms with Crippen molar-refractivity contribution in [2.45, 2.75) is 57.2 Å². The van der Waals surface area contributed by atoms with Gasteiger partial charge in [0.15, 0.2) is 0 Å². The highest BCUT2D eigenvalue weighted by atomic mass is 16.5. The molecule has 2 fully saturated rings. The molecule has 1 aromatic rings. The molecule has 1 N–H and O–H groups in total. The Morgan fingerprint density at radius 3 is 2.86 bits per heavy atom. The van der Waals surface area contributed by atoms with Gasteiger partial charge in [-0.15, -0.1) is 0 Å². The van der Waals surface area contributed by atoms with Gasteiger partial charge in [0, 0.05) is 39.0 Å². The monoisotopic (exact) mass is 307 g/mol. The standard InChI is InChI=1S/C17H29N3O2/c1-13(9-14-3-6-21-7-4-14)19-15-5-8-22-17(10-15)16-11-18-12-20(16)2/h11-15,17,19H,3-10H2,1-2H3/t13-,15-,17+/m1/s1. The van der Waals surface area contributed by atoms with Crippen LogP contribution in [-0.2, 0) is 16.5 Å². The molecule has 2 aliphatic rings. The molecular formula is C17H29N3O2. The zero-order valence-electron chi connectivity index (χ0n) is 13.8. The van der Waals surface area contributed by atoms with Gasteiger partial charge in [0.2, 0.25) is 0 Å². The summed E-state index contributed by atoms with van der Waals surface area (Å²) in [5.74, 6) is 0.823. The molecule has 124 valence electrons. The maximum absolute atomic E-state index is 5.95. The molecule has 5 heteroatoms. The van der Waals surface area contributed by atoms with E-state index < -0.39 is 0 Å². The molecule has 0 aromatic carbocycles. The highest BCUT2D eigenvalue weighted by Gasteiger charge is 2.27. The van der Waals surface area contributed by atoms with Crippen LogP contribution in [0.4, 0.5) is 0 Å². The molecule has 5 nitrogen and oxygen atoms in total. The first kappa shape index (κ1) is 16.0. The quantitative estimate of drug-likeness (QED) is 0.907. The van der Waals surface area contributed by atoms with Crippen molar-refractivity contribution in [3.63, 3.8) is 0 Å². The van der Waals surface area contributed by atoms with Crippen molar-refractivity contribution in [1.29, 1.82) is 0 Å². The highest BCUT2D eigenvalue weighted by molar-refractivity contribution is 5.04. The van der Waals surface area contributed by atoms with Crippen molar-refractivity contribution in [3.05, 3.63) is 18.2 Å². The number of ether oxygens (including phenoxy) is 2. The second kappa shape index (κ2) is 7.57. The summed E-state index contributed by atoms with van der Waals surface area (Å²) in [6.45, 7) is 5.04. The Morgan fingerprint density at radius 1 is 1.32 bits per heavy atom. The van der Waals surface area contributed by atoms with Gasteiger partial charge >= 0.3 is 0 Å². The van der Waals surface area contributed by atoms with E-state index >= 15 is 0 Å². The Kier molecular flexibility index (Phi) is 5.50. The third-order valence-corrected chi connectivity index (χ3v) is 5.02. The molecule has 1 aromatic heterocycles. The molecule has 0 aliphatic carbocycles. The van der Waals surface area contributed by atoms with Crippen molar-refractivity contribution in [1.82, 2.24) is 14.9 Å². The highest BCUT2D eigenvalue weighted by Crippen LogP contribution is 2.28. The third-order valence-electron chi connectivity index (χ3n) is 5.02. The van der Waals surface area contributed by atoms with Gasteiger partial charge in [0.05, 0.1) is 18.2 Å². The maximum Gasteiger partial charge on any atom is 0.100 e. The van der Waals surface area contributed by atoms with Crippen molar-refractivity contribution in [2.24, 2.45) is 13.0 Å². The first-order valence-corrected chi connectivity index (χ1v) is 8.64. The minimum absolute atomic E-state index is 0.175. The number of hydrogen-bond acceptors (Lipinski definition) is 4. The number of nitrogens with zero attached hydrogens (tertiary/aromatic N) is 2. The summed E-state index contributed by atoms with van der Waals surface area (Å²) < 4.78 is 13.5. The van der Waals surface area contributed by atoms with Gasteiger partial charge in [-0.1, -0.05) is 0 Å². The summed E-state index contributed by atoms with van der Waals surface area (Å²) in [5, 5.41) is 3.83. The van der Waals surface area contributed by atoms with Gasteiger partial charge in [0.25, 0.3) is 0 Å². The fourth-order valence-corrected chi connectivity index (χ4v) is 3.78. The summed E-state index contributed by atoms with van der Waals surface area (Å²) in [7, 11) is 2.04. The zero-order chi connectivity index (χ0) is 15.4. The topological polar surface area (TPSA) is 48.3 Å². The van der Waals surface area contributed by atoms with Crippen LogP contribution >= 0.6 is 0 Å². The average Bonchev–Trinajstić information content (AvgIpc) is 2.94. The van der Waals surface area contributed by atoms with Crippen LogP contribution in [0.3, 0.4) is 0 Å². The Hall–Kier alpha value is -0.910. The molecule has 0 amide bonds. The lowest BCUT2D eigenvalue weighted by atomic mass is 9.92. The molecule has 22 heavy (non-hydrogen) atoms. The number of hydrogen-bond donors (Lipinski definition) is 1. The zero-order valence-corrected chi connectivity index (χ0v) is 13.8. The third kappa shape index (κ3) is 4.09. The first-order valence-electron chi connectivity index (χ1n) is 8.64. The first-order chi connectivity index (χ1) is 10.7. The van der Waals surface area contributed by atoms with Gasteiger partial charge in [-0.25, -0.2) is 4.98 Å². The fraction of sp³-hybridized carbons (Fsp3) is 0.824. The SMILES string of the molecule is C[C@H](CC1CCOCC1)N[C@@H]1CCO[C@H](c2cncn2C)C1. The number of aryl methyl sites for hydroxylation is 1. The van der Waals surface area contributed by atoms with Gasteiger partial charge in [-0.3, -0.25) is 0 Å². The van der Waals surface area contributed by atoms with Crippen LogP contribution in [0, 0.1) is 5.92 Å². The van der Waals surface area contributed by atoms with Crippen LogP contribution in [0.15, 0.2) is 12.5 Å². The lowest BCUT2D eigenvalue weighted by Gasteiger charge is -2.33. The fourth-order valence-electron chi connectivity index (χ4n) is 3.78. The minimum atomic E-state index is 0.175. The molecule has 2 aliphatic heterocycles. The minimum Gasteiger partial charge on any atom is -0.381 e. The Morgan fingerprint density at radius 2 is 2.14 bits per heavy atom. The predicted molar refractivity (Wildman–Crippen MR) is 85.7 cm³/mol. The van der Waals surface area contributed by atoms with E-state index in [1.165, 1.54) is 25.0 Å². The Labute approximate surface area is 133 Å². The molecule has 0 bridgehead atoms. The summed E-state index contributed by atoms with van der Waals surface area (Å²) in [5.41, 5.74) is 1.18. The van der Waals surface area contributed by atoms with Crippen LogP contribution < -0.4 is 5.32 Å². The number of aromatic nitrogens is 2. The molecule has 0 spiro atoms. The molecule has 2 saturated heterocycles. The molecular weight excluding hydrogens is 278 g/mol. The maximum atomic E-state index is 5.95. The van der Waals surface area contributed by atoms with Crippen LogP contribution in [0.5, 0.6) is 0 Å². The van der Waals surface area contributed by atoms with Crippen LogP contribution in [0.1, 0.15) is 50.8 Å². The van der Waals surface area contributed by atoms with E-state index in [9.17, 15) is 0 Å². The Balaban J connectivity index is 1.48. The van der Waals surface area contributed by atoms with E-state index in [0.717, 1.165) is 38.6 Å². The predicted octanol–water partition coefficient (Wildman–Crippen LogP) is 2.44. The second-order valence-electron chi connectivity index (χ2n) is 6.87. The molecule has 3 heterocycles. The van der Waals surface area contributed by atoms with Gasteiger partial charge in [0.1, 0.15) is 6.10 Å². The summed E-state index contributed by atoms with van der Waals surface area (Å²) in [6, 6.07) is 1.11. The van der Waals surface area contributed by atoms with E-state index in [1.54, 1.807) is 0 Å². The number of imidazole rings is 1. The van der Waals surface area contributed by atoms with E-state index in [2.05, 4.69) is 21.8 Å². The van der Waals surface area contributed by atoms with E-state index in [-0.39, 0.29) is 6.10 Å². The normalized spacial score (nSPS) is 28.6. The lowest BCUT2D eigenvalue weighted by Crippen LogP contribution is -2.42. The smallest absolute Gasteiger partial charge is 0.100 e. The van der Waals surface area contributed by atoms with Crippen molar-refractivity contribution in [2.75, 3.05) is 19.8 Å². The van der Waals surface area contributed by atoms with Crippen molar-refractivity contribution < 1.29 is 9.47 Å². The molecule has 3 rings (SSSR count). The van der Waals surface area contributed by atoms with Crippen LogP contribution in [0.25, 0.3) is 0 Å². The van der Waals surface area contributed by atoms with Crippen LogP contribution in [-0.4, -0.2) is 41.5 Å². The van der Waals surface area contributed by atoms with E-state index in [0.29, 0.717) is 12.1 Å². The summed E-state index contributed by atoms with van der Waals surface area (Å²) in [4.78, 5) is 4.21. The van der Waals surface area contributed by atoms with Gasteiger partial charge < -0.3 is 19.4 Å². The summed E-state index contributed by atoms with van der Waals surface area (Å²) in [6.07, 6.45) is 9.80.